The summed E-state index contributed by atoms with van der Waals surface area (Å²) in [6.07, 6.45) is 1.62. The molecule has 1 saturated heterocycles. The van der Waals surface area contributed by atoms with Gasteiger partial charge in [-0.15, -0.1) is 10.2 Å². The Morgan fingerprint density at radius 1 is 1.11 bits per heavy atom. The van der Waals surface area contributed by atoms with E-state index in [9.17, 15) is 10.1 Å². The Balaban J connectivity index is 1.38. The van der Waals surface area contributed by atoms with Gasteiger partial charge in [0.1, 0.15) is 11.6 Å². The molecule has 5 rings (SSSR count). The lowest BCUT2D eigenvalue weighted by molar-refractivity contribution is -0.112. The summed E-state index contributed by atoms with van der Waals surface area (Å²) in [7, 11) is 0. The van der Waals surface area contributed by atoms with Gasteiger partial charge < -0.3 is 14.2 Å². The SMILES string of the molecule is Cc1cc(/C=C(/C#N)C(=O)Nc2nnc(N3CCOCC3)s2)c(C)n1-c1ccc2ccccc2c1. The lowest BCUT2D eigenvalue weighted by Gasteiger charge is -2.25. The van der Waals surface area contributed by atoms with Gasteiger partial charge in [-0.1, -0.05) is 41.7 Å². The van der Waals surface area contributed by atoms with Gasteiger partial charge in [0.05, 0.1) is 13.2 Å². The maximum absolute atomic E-state index is 12.8. The van der Waals surface area contributed by atoms with E-state index in [0.29, 0.717) is 18.3 Å². The number of hydrogen-bond acceptors (Lipinski definition) is 7. The van der Waals surface area contributed by atoms with E-state index >= 15 is 0 Å². The van der Waals surface area contributed by atoms with Crippen molar-refractivity contribution in [1.29, 1.82) is 5.26 Å². The quantitative estimate of drug-likeness (QED) is 0.331. The number of morpholine rings is 1. The zero-order valence-corrected chi connectivity index (χ0v) is 20.3. The monoisotopic (exact) mass is 484 g/mol. The molecule has 3 heterocycles. The predicted octanol–water partition coefficient (Wildman–Crippen LogP) is 4.48. The highest BCUT2D eigenvalue weighted by atomic mass is 32.1. The molecule has 2 aromatic heterocycles. The predicted molar refractivity (Wildman–Crippen MR) is 138 cm³/mol. The van der Waals surface area contributed by atoms with Crippen LogP contribution in [0, 0.1) is 25.2 Å². The standard InChI is InChI=1S/C26H24N6O2S/c1-17-13-21(18(2)32(17)23-8-7-19-5-3-4-6-20(19)15-23)14-22(16-27)24(33)28-25-29-30-26(35-25)31-9-11-34-12-10-31/h3-8,13-15H,9-12H2,1-2H3,(H,28,29,33)/b22-14-. The lowest BCUT2D eigenvalue weighted by atomic mass is 10.1. The third kappa shape index (κ3) is 4.67. The van der Waals surface area contributed by atoms with Crippen molar-refractivity contribution < 1.29 is 9.53 Å². The molecule has 4 aromatic rings. The minimum absolute atomic E-state index is 0.00637. The third-order valence-corrected chi connectivity index (χ3v) is 6.94. The molecule has 1 aliphatic heterocycles. The lowest BCUT2D eigenvalue weighted by Crippen LogP contribution is -2.36. The Labute approximate surface area is 207 Å². The van der Waals surface area contributed by atoms with E-state index in [1.165, 1.54) is 16.7 Å². The van der Waals surface area contributed by atoms with Crippen LogP contribution in [0.25, 0.3) is 22.5 Å². The fraction of sp³-hybridized carbons (Fsp3) is 0.231. The molecular weight excluding hydrogens is 460 g/mol. The molecule has 1 amide bonds. The number of nitrogens with zero attached hydrogens (tertiary/aromatic N) is 5. The van der Waals surface area contributed by atoms with Gasteiger partial charge in [-0.2, -0.15) is 5.26 Å². The highest BCUT2D eigenvalue weighted by Crippen LogP contribution is 2.27. The average molecular weight is 485 g/mol. The van der Waals surface area contributed by atoms with Crippen LogP contribution in [0.15, 0.2) is 54.1 Å². The van der Waals surface area contributed by atoms with E-state index in [2.05, 4.69) is 55.3 Å². The summed E-state index contributed by atoms with van der Waals surface area (Å²) >= 11 is 1.29. The molecule has 0 saturated carbocycles. The molecular formula is C26H24N6O2S. The Kier molecular flexibility index (Phi) is 6.31. The van der Waals surface area contributed by atoms with Crippen molar-refractivity contribution in [1.82, 2.24) is 14.8 Å². The van der Waals surface area contributed by atoms with Gasteiger partial charge in [-0.3, -0.25) is 10.1 Å². The summed E-state index contributed by atoms with van der Waals surface area (Å²) in [6.45, 7) is 6.75. The number of benzene rings is 2. The Bertz CT molecular complexity index is 1470. The summed E-state index contributed by atoms with van der Waals surface area (Å²) in [5.74, 6) is -0.507. The smallest absolute Gasteiger partial charge is 0.268 e. The summed E-state index contributed by atoms with van der Waals surface area (Å²) in [5.41, 5.74) is 3.82. The Morgan fingerprint density at radius 2 is 1.89 bits per heavy atom. The molecule has 1 N–H and O–H groups in total. The number of ether oxygens (including phenoxy) is 1. The first-order valence-corrected chi connectivity index (χ1v) is 12.1. The van der Waals surface area contributed by atoms with Crippen LogP contribution in [0.3, 0.4) is 0 Å². The van der Waals surface area contributed by atoms with Crippen molar-refractivity contribution in [3.8, 4) is 11.8 Å². The first-order valence-electron chi connectivity index (χ1n) is 11.3. The first-order chi connectivity index (χ1) is 17.0. The maximum atomic E-state index is 12.8. The van der Waals surface area contributed by atoms with Crippen LogP contribution in [-0.2, 0) is 9.53 Å². The number of rotatable bonds is 5. The number of carbonyl (C=O) groups excluding carboxylic acids is 1. The summed E-state index contributed by atoms with van der Waals surface area (Å²) in [6, 6.07) is 18.6. The van der Waals surface area contributed by atoms with Crippen LogP contribution in [-0.4, -0.2) is 47.0 Å². The van der Waals surface area contributed by atoms with Crippen LogP contribution >= 0.6 is 11.3 Å². The number of hydrogen-bond donors (Lipinski definition) is 1. The largest absolute Gasteiger partial charge is 0.378 e. The molecule has 1 fully saturated rings. The highest BCUT2D eigenvalue weighted by Gasteiger charge is 2.19. The van der Waals surface area contributed by atoms with Crippen molar-refractivity contribution in [2.45, 2.75) is 13.8 Å². The van der Waals surface area contributed by atoms with Gasteiger partial charge in [0.15, 0.2) is 0 Å². The molecule has 0 unspecified atom stereocenters. The van der Waals surface area contributed by atoms with Gasteiger partial charge in [-0.25, -0.2) is 0 Å². The van der Waals surface area contributed by atoms with Crippen LogP contribution in [0.2, 0.25) is 0 Å². The molecule has 2 aromatic carbocycles. The van der Waals surface area contributed by atoms with Crippen molar-refractivity contribution >= 4 is 44.4 Å². The van der Waals surface area contributed by atoms with E-state index < -0.39 is 5.91 Å². The molecule has 0 aliphatic carbocycles. The number of anilines is 2. The van der Waals surface area contributed by atoms with Crippen LogP contribution in [0.1, 0.15) is 17.0 Å². The summed E-state index contributed by atoms with van der Waals surface area (Å²) in [5, 5.41) is 24.1. The van der Waals surface area contributed by atoms with Crippen molar-refractivity contribution in [2.75, 3.05) is 36.5 Å². The van der Waals surface area contributed by atoms with E-state index in [0.717, 1.165) is 46.2 Å². The Hall–Kier alpha value is -4.00. The van der Waals surface area contributed by atoms with E-state index in [1.54, 1.807) is 6.08 Å². The van der Waals surface area contributed by atoms with Gasteiger partial charge in [0, 0.05) is 30.2 Å². The zero-order chi connectivity index (χ0) is 24.4. The minimum Gasteiger partial charge on any atom is -0.378 e. The van der Waals surface area contributed by atoms with Crippen LogP contribution in [0.4, 0.5) is 10.3 Å². The molecule has 0 spiro atoms. The molecule has 9 heteroatoms. The molecule has 176 valence electrons. The van der Waals surface area contributed by atoms with E-state index in [-0.39, 0.29) is 5.57 Å². The van der Waals surface area contributed by atoms with E-state index in [4.69, 9.17) is 4.74 Å². The number of nitrogens with one attached hydrogen (secondary N) is 1. The van der Waals surface area contributed by atoms with Gasteiger partial charge >= 0.3 is 0 Å². The summed E-state index contributed by atoms with van der Waals surface area (Å²) < 4.78 is 7.49. The first kappa shape index (κ1) is 22.8. The highest BCUT2D eigenvalue weighted by molar-refractivity contribution is 7.19. The maximum Gasteiger partial charge on any atom is 0.268 e. The van der Waals surface area contributed by atoms with Crippen molar-refractivity contribution in [2.24, 2.45) is 0 Å². The van der Waals surface area contributed by atoms with Gasteiger partial charge in [-0.05, 0) is 54.5 Å². The molecule has 1 aliphatic rings. The number of fused-ring (bicyclic) bond motifs is 1. The van der Waals surface area contributed by atoms with Crippen LogP contribution < -0.4 is 10.2 Å². The molecule has 35 heavy (non-hydrogen) atoms. The fourth-order valence-corrected chi connectivity index (χ4v) is 5.06. The normalized spacial score (nSPS) is 14.2. The van der Waals surface area contributed by atoms with Gasteiger partial charge in [0.2, 0.25) is 10.3 Å². The van der Waals surface area contributed by atoms with E-state index in [1.807, 2.05) is 38.1 Å². The van der Waals surface area contributed by atoms with Crippen LogP contribution in [0.5, 0.6) is 0 Å². The third-order valence-electron chi connectivity index (χ3n) is 6.04. The number of carbonyl (C=O) groups is 1. The average Bonchev–Trinajstić information content (AvgIpc) is 3.46. The van der Waals surface area contributed by atoms with Gasteiger partial charge in [0.25, 0.3) is 5.91 Å². The second kappa shape index (κ2) is 9.70. The number of amides is 1. The second-order valence-electron chi connectivity index (χ2n) is 8.31. The topological polar surface area (TPSA) is 96.1 Å². The number of nitriles is 1. The molecule has 0 radical (unpaired) electrons. The zero-order valence-electron chi connectivity index (χ0n) is 19.5. The summed E-state index contributed by atoms with van der Waals surface area (Å²) in [4.78, 5) is 14.9. The van der Waals surface area contributed by atoms with Crippen molar-refractivity contribution in [3.63, 3.8) is 0 Å². The number of aromatic nitrogens is 3. The minimum atomic E-state index is -0.507. The number of aryl methyl sites for hydroxylation is 1. The molecule has 0 bridgehead atoms. The molecule has 0 atom stereocenters. The Morgan fingerprint density at radius 3 is 2.66 bits per heavy atom. The fourth-order valence-electron chi connectivity index (χ4n) is 4.26. The van der Waals surface area contributed by atoms with Crippen molar-refractivity contribution in [3.05, 3.63) is 71.1 Å². The molecule has 8 nitrogen and oxygen atoms in total. The second-order valence-corrected chi connectivity index (χ2v) is 9.26.